The number of aryl methyl sites for hydroxylation is 3. The number of amides is 1. The lowest BCUT2D eigenvalue weighted by atomic mass is 10.1. The van der Waals surface area contributed by atoms with Crippen LogP contribution in [0, 0.1) is 20.8 Å². The fraction of sp³-hybridized carbons (Fsp3) is 0.259. The lowest BCUT2D eigenvalue weighted by Crippen LogP contribution is -2.24. The molecule has 156 valence electrons. The molecule has 0 spiro atoms. The number of imidazole rings is 1. The number of carbonyl (C=O) groups is 1. The number of anilines is 1. The highest BCUT2D eigenvalue weighted by atomic mass is 16.2. The van der Waals surface area contributed by atoms with Crippen molar-refractivity contribution in [3.05, 3.63) is 94.8 Å². The van der Waals surface area contributed by atoms with Crippen LogP contribution >= 0.6 is 0 Å². The number of fused-ring (bicyclic) bond motifs is 1. The molecule has 4 aromatic rings. The highest BCUT2D eigenvalue weighted by molar-refractivity contribution is 5.96. The first kappa shape index (κ1) is 19.6. The minimum absolute atomic E-state index is 0.0759. The van der Waals surface area contributed by atoms with Gasteiger partial charge in [0.25, 0.3) is 0 Å². The lowest BCUT2D eigenvalue weighted by molar-refractivity contribution is -0.117. The van der Waals surface area contributed by atoms with Gasteiger partial charge < -0.3 is 9.47 Å². The summed E-state index contributed by atoms with van der Waals surface area (Å²) >= 11 is 0. The molecule has 2 heterocycles. The Morgan fingerprint density at radius 2 is 1.77 bits per heavy atom. The van der Waals surface area contributed by atoms with Crippen LogP contribution in [-0.4, -0.2) is 22.0 Å². The molecule has 4 nitrogen and oxygen atoms in total. The summed E-state index contributed by atoms with van der Waals surface area (Å²) in [6, 6.07) is 23.1. The normalized spacial score (nSPS) is 16.4. The van der Waals surface area contributed by atoms with E-state index in [4.69, 9.17) is 4.98 Å². The first-order valence-electron chi connectivity index (χ1n) is 10.9. The smallest absolute Gasteiger partial charge is 0.227 e. The fourth-order valence-corrected chi connectivity index (χ4v) is 4.58. The van der Waals surface area contributed by atoms with Crippen LogP contribution in [0.5, 0.6) is 0 Å². The number of hydrogen-bond acceptors (Lipinski definition) is 2. The van der Waals surface area contributed by atoms with Gasteiger partial charge in [-0.05, 0) is 67.3 Å². The van der Waals surface area contributed by atoms with Gasteiger partial charge in [-0.15, -0.1) is 0 Å². The molecule has 1 saturated heterocycles. The maximum atomic E-state index is 12.9. The third kappa shape index (κ3) is 3.63. The Kier molecular flexibility index (Phi) is 4.85. The standard InChI is InChI=1S/C27H27N3O/c1-18-7-6-8-23(13-18)29-17-22(15-26(29)31)27-28-24-9-4-5-10-25(24)30(27)16-21-12-11-19(2)20(3)14-21/h4-14,22H,15-17H2,1-3H3. The fourth-order valence-electron chi connectivity index (χ4n) is 4.58. The van der Waals surface area contributed by atoms with Crippen molar-refractivity contribution < 1.29 is 4.79 Å². The van der Waals surface area contributed by atoms with Crippen molar-refractivity contribution in [1.82, 2.24) is 9.55 Å². The zero-order valence-corrected chi connectivity index (χ0v) is 18.3. The van der Waals surface area contributed by atoms with Crippen molar-refractivity contribution in [2.24, 2.45) is 0 Å². The quantitative estimate of drug-likeness (QED) is 0.444. The summed E-state index contributed by atoms with van der Waals surface area (Å²) < 4.78 is 2.30. The van der Waals surface area contributed by atoms with Crippen LogP contribution in [0.25, 0.3) is 11.0 Å². The molecular weight excluding hydrogens is 382 g/mol. The Morgan fingerprint density at radius 1 is 0.935 bits per heavy atom. The zero-order chi connectivity index (χ0) is 21.5. The van der Waals surface area contributed by atoms with Crippen LogP contribution in [0.2, 0.25) is 0 Å². The number of para-hydroxylation sites is 2. The summed E-state index contributed by atoms with van der Waals surface area (Å²) in [5, 5.41) is 0. The second-order valence-corrected chi connectivity index (χ2v) is 8.71. The van der Waals surface area contributed by atoms with Crippen LogP contribution in [0.15, 0.2) is 66.7 Å². The molecule has 0 bridgehead atoms. The molecule has 0 aliphatic carbocycles. The number of nitrogens with zero attached hydrogens (tertiary/aromatic N) is 3. The minimum Gasteiger partial charge on any atom is -0.323 e. The van der Waals surface area contributed by atoms with Crippen molar-refractivity contribution in [3.63, 3.8) is 0 Å². The predicted octanol–water partition coefficient (Wildman–Crippen LogP) is 5.53. The van der Waals surface area contributed by atoms with Gasteiger partial charge in [0.2, 0.25) is 5.91 Å². The van der Waals surface area contributed by atoms with Crippen molar-refractivity contribution in [2.45, 2.75) is 39.7 Å². The van der Waals surface area contributed by atoms with Gasteiger partial charge >= 0.3 is 0 Å². The van der Waals surface area contributed by atoms with Crippen molar-refractivity contribution >= 4 is 22.6 Å². The van der Waals surface area contributed by atoms with E-state index in [1.54, 1.807) is 0 Å². The topological polar surface area (TPSA) is 38.1 Å². The molecule has 1 unspecified atom stereocenters. The molecule has 0 saturated carbocycles. The van der Waals surface area contributed by atoms with Crippen LogP contribution in [0.3, 0.4) is 0 Å². The van der Waals surface area contributed by atoms with Gasteiger partial charge in [0.05, 0.1) is 11.0 Å². The average Bonchev–Trinajstić information content (AvgIpc) is 3.31. The van der Waals surface area contributed by atoms with E-state index in [-0.39, 0.29) is 11.8 Å². The monoisotopic (exact) mass is 409 g/mol. The van der Waals surface area contributed by atoms with Gasteiger partial charge in [0, 0.05) is 31.1 Å². The summed E-state index contributed by atoms with van der Waals surface area (Å²) in [6.45, 7) is 7.78. The van der Waals surface area contributed by atoms with Crippen LogP contribution in [-0.2, 0) is 11.3 Å². The van der Waals surface area contributed by atoms with Gasteiger partial charge in [-0.2, -0.15) is 0 Å². The molecule has 4 heteroatoms. The molecule has 1 aliphatic rings. The number of aromatic nitrogens is 2. The molecule has 1 aliphatic heterocycles. The van der Waals surface area contributed by atoms with Gasteiger partial charge in [0.1, 0.15) is 5.82 Å². The van der Waals surface area contributed by atoms with Crippen molar-refractivity contribution in [3.8, 4) is 0 Å². The van der Waals surface area contributed by atoms with Crippen LogP contribution < -0.4 is 4.90 Å². The van der Waals surface area contributed by atoms with E-state index >= 15 is 0 Å². The van der Waals surface area contributed by atoms with E-state index in [1.807, 2.05) is 23.1 Å². The van der Waals surface area contributed by atoms with Crippen LogP contribution in [0.4, 0.5) is 5.69 Å². The highest BCUT2D eigenvalue weighted by Crippen LogP contribution is 2.34. The Labute approximate surface area is 183 Å². The number of benzene rings is 3. The Morgan fingerprint density at radius 3 is 2.58 bits per heavy atom. The minimum atomic E-state index is 0.0759. The van der Waals surface area contributed by atoms with E-state index in [2.05, 4.69) is 73.9 Å². The van der Waals surface area contributed by atoms with Crippen molar-refractivity contribution in [1.29, 1.82) is 0 Å². The number of carbonyl (C=O) groups excluding carboxylic acids is 1. The second-order valence-electron chi connectivity index (χ2n) is 8.71. The summed E-state index contributed by atoms with van der Waals surface area (Å²) in [4.78, 5) is 19.8. The molecule has 1 amide bonds. The molecule has 3 aromatic carbocycles. The largest absolute Gasteiger partial charge is 0.323 e. The molecule has 1 aromatic heterocycles. The van der Waals surface area contributed by atoms with E-state index in [1.165, 1.54) is 16.7 Å². The first-order chi connectivity index (χ1) is 15.0. The highest BCUT2D eigenvalue weighted by Gasteiger charge is 2.34. The van der Waals surface area contributed by atoms with Gasteiger partial charge in [-0.25, -0.2) is 4.98 Å². The van der Waals surface area contributed by atoms with E-state index in [9.17, 15) is 4.79 Å². The Balaban J connectivity index is 1.53. The molecule has 1 atom stereocenters. The Bertz CT molecular complexity index is 1290. The predicted molar refractivity (Wildman–Crippen MR) is 126 cm³/mol. The molecular formula is C27H27N3O. The maximum Gasteiger partial charge on any atom is 0.227 e. The molecule has 31 heavy (non-hydrogen) atoms. The molecule has 5 rings (SSSR count). The summed E-state index contributed by atoms with van der Waals surface area (Å²) in [5.41, 5.74) is 8.10. The summed E-state index contributed by atoms with van der Waals surface area (Å²) in [5.74, 6) is 1.25. The average molecular weight is 410 g/mol. The summed E-state index contributed by atoms with van der Waals surface area (Å²) in [6.07, 6.45) is 0.490. The van der Waals surface area contributed by atoms with E-state index in [0.29, 0.717) is 13.0 Å². The lowest BCUT2D eigenvalue weighted by Gasteiger charge is -2.18. The summed E-state index contributed by atoms with van der Waals surface area (Å²) in [7, 11) is 0. The number of rotatable bonds is 4. The molecule has 0 N–H and O–H groups in total. The third-order valence-electron chi connectivity index (χ3n) is 6.40. The van der Waals surface area contributed by atoms with Crippen molar-refractivity contribution in [2.75, 3.05) is 11.4 Å². The Hall–Kier alpha value is -3.40. The van der Waals surface area contributed by atoms with E-state index in [0.717, 1.165) is 34.7 Å². The zero-order valence-electron chi connectivity index (χ0n) is 18.3. The number of hydrogen-bond donors (Lipinski definition) is 0. The van der Waals surface area contributed by atoms with Gasteiger partial charge in [-0.3, -0.25) is 4.79 Å². The SMILES string of the molecule is Cc1cccc(N2CC(c3nc4ccccc4n3Cc3ccc(C)c(C)c3)CC2=O)c1. The maximum absolute atomic E-state index is 12.9. The molecule has 1 fully saturated rings. The second kappa shape index (κ2) is 7.69. The van der Waals surface area contributed by atoms with Crippen LogP contribution in [0.1, 0.15) is 40.4 Å². The third-order valence-corrected chi connectivity index (χ3v) is 6.40. The molecule has 0 radical (unpaired) electrons. The van der Waals surface area contributed by atoms with Gasteiger partial charge in [-0.1, -0.05) is 42.5 Å². The van der Waals surface area contributed by atoms with Gasteiger partial charge in [0.15, 0.2) is 0 Å². The first-order valence-corrected chi connectivity index (χ1v) is 10.9. The van der Waals surface area contributed by atoms with E-state index < -0.39 is 0 Å².